The minimum Gasteiger partial charge on any atom is -0.493 e. The number of rotatable bonds is 5. The van der Waals surface area contributed by atoms with Crippen molar-refractivity contribution in [3.63, 3.8) is 0 Å². The predicted molar refractivity (Wildman–Crippen MR) is 61.4 cm³/mol. The molecule has 1 aromatic rings. The average molecular weight is 209 g/mol. The lowest BCUT2D eigenvalue weighted by Crippen LogP contribution is -2.24. The number of ether oxygens (including phenoxy) is 2. The van der Waals surface area contributed by atoms with Crippen LogP contribution < -0.4 is 15.2 Å². The molecule has 0 radical (unpaired) electrons. The van der Waals surface area contributed by atoms with Gasteiger partial charge in [-0.2, -0.15) is 0 Å². The highest BCUT2D eigenvalue weighted by Crippen LogP contribution is 2.27. The Labute approximate surface area is 91.2 Å². The Morgan fingerprint density at radius 3 is 2.33 bits per heavy atom. The zero-order valence-corrected chi connectivity index (χ0v) is 9.57. The van der Waals surface area contributed by atoms with Crippen molar-refractivity contribution < 1.29 is 9.47 Å². The maximum absolute atomic E-state index is 5.74. The summed E-state index contributed by atoms with van der Waals surface area (Å²) in [7, 11) is 1.64. The molecule has 1 aromatic carbocycles. The smallest absolute Gasteiger partial charge is 0.161 e. The van der Waals surface area contributed by atoms with Gasteiger partial charge in [-0.05, 0) is 32.4 Å². The topological polar surface area (TPSA) is 44.5 Å². The van der Waals surface area contributed by atoms with Gasteiger partial charge < -0.3 is 15.2 Å². The fraction of sp³-hybridized carbons (Fsp3) is 0.500. The van der Waals surface area contributed by atoms with Crippen molar-refractivity contribution in [2.45, 2.75) is 32.4 Å². The number of nitrogens with two attached hydrogens (primary N) is 1. The molecule has 3 nitrogen and oxygen atoms in total. The van der Waals surface area contributed by atoms with Crippen LogP contribution in [0.5, 0.6) is 11.5 Å². The van der Waals surface area contributed by atoms with Gasteiger partial charge in [0.15, 0.2) is 11.5 Å². The van der Waals surface area contributed by atoms with Crippen molar-refractivity contribution >= 4 is 0 Å². The Balaban J connectivity index is 2.63. The second-order valence-electron chi connectivity index (χ2n) is 3.79. The molecule has 0 heterocycles. The highest BCUT2D eigenvalue weighted by atomic mass is 16.5. The first-order chi connectivity index (χ1) is 7.13. The molecule has 2 N–H and O–H groups in total. The lowest BCUT2D eigenvalue weighted by Gasteiger charge is -2.18. The number of hydrogen-bond acceptors (Lipinski definition) is 3. The molecule has 2 atom stereocenters. The van der Waals surface area contributed by atoms with E-state index in [1.165, 1.54) is 0 Å². The van der Waals surface area contributed by atoms with Crippen molar-refractivity contribution in [3.05, 3.63) is 24.3 Å². The van der Waals surface area contributed by atoms with E-state index in [2.05, 4.69) is 0 Å². The van der Waals surface area contributed by atoms with Gasteiger partial charge in [0, 0.05) is 6.04 Å². The normalized spacial score (nSPS) is 14.4. The average Bonchev–Trinajstić information content (AvgIpc) is 2.17. The van der Waals surface area contributed by atoms with Crippen LogP contribution in [0.15, 0.2) is 24.3 Å². The van der Waals surface area contributed by atoms with Crippen LogP contribution in [0.4, 0.5) is 0 Å². The highest BCUT2D eigenvalue weighted by molar-refractivity contribution is 5.39. The first-order valence-corrected chi connectivity index (χ1v) is 5.18. The molecule has 2 unspecified atom stereocenters. The van der Waals surface area contributed by atoms with Crippen LogP contribution in [0, 0.1) is 0 Å². The predicted octanol–water partition coefficient (Wildman–Crippen LogP) is 2.20. The van der Waals surface area contributed by atoms with E-state index in [4.69, 9.17) is 15.2 Å². The molecule has 0 saturated heterocycles. The Hall–Kier alpha value is -1.22. The third kappa shape index (κ3) is 3.80. The molecule has 0 aromatic heterocycles. The summed E-state index contributed by atoms with van der Waals surface area (Å²) in [5.74, 6) is 1.53. The van der Waals surface area contributed by atoms with Gasteiger partial charge in [-0.1, -0.05) is 12.1 Å². The van der Waals surface area contributed by atoms with Crippen LogP contribution in [0.25, 0.3) is 0 Å². The molecule has 0 spiro atoms. The number of para-hydroxylation sites is 2. The van der Waals surface area contributed by atoms with E-state index in [9.17, 15) is 0 Å². The summed E-state index contributed by atoms with van der Waals surface area (Å²) in [5.41, 5.74) is 5.71. The van der Waals surface area contributed by atoms with Crippen LogP contribution in [0.1, 0.15) is 20.3 Å². The summed E-state index contributed by atoms with van der Waals surface area (Å²) >= 11 is 0. The minimum absolute atomic E-state index is 0.0984. The van der Waals surface area contributed by atoms with Gasteiger partial charge in [-0.3, -0.25) is 0 Å². The summed E-state index contributed by atoms with van der Waals surface area (Å²) in [4.78, 5) is 0. The van der Waals surface area contributed by atoms with Crippen molar-refractivity contribution in [2.75, 3.05) is 7.11 Å². The molecule has 0 aliphatic heterocycles. The van der Waals surface area contributed by atoms with Crippen LogP contribution in [0.3, 0.4) is 0 Å². The molecule has 0 aliphatic carbocycles. The minimum atomic E-state index is 0.0984. The van der Waals surface area contributed by atoms with Crippen LogP contribution in [-0.4, -0.2) is 19.3 Å². The monoisotopic (exact) mass is 209 g/mol. The van der Waals surface area contributed by atoms with E-state index in [0.29, 0.717) is 0 Å². The lowest BCUT2D eigenvalue weighted by atomic mass is 10.2. The van der Waals surface area contributed by atoms with E-state index in [1.807, 2.05) is 38.1 Å². The first-order valence-electron chi connectivity index (χ1n) is 5.18. The molecule has 15 heavy (non-hydrogen) atoms. The second kappa shape index (κ2) is 5.61. The number of hydrogen-bond donors (Lipinski definition) is 1. The maximum Gasteiger partial charge on any atom is 0.161 e. The third-order valence-electron chi connectivity index (χ3n) is 2.10. The zero-order valence-electron chi connectivity index (χ0n) is 9.57. The molecule has 0 saturated carbocycles. The van der Waals surface area contributed by atoms with E-state index < -0.39 is 0 Å². The molecular weight excluding hydrogens is 190 g/mol. The lowest BCUT2D eigenvalue weighted by molar-refractivity contribution is 0.194. The summed E-state index contributed by atoms with van der Waals surface area (Å²) < 4.78 is 10.9. The van der Waals surface area contributed by atoms with Crippen LogP contribution >= 0.6 is 0 Å². The largest absolute Gasteiger partial charge is 0.493 e. The first kappa shape index (κ1) is 11.9. The van der Waals surface area contributed by atoms with Crippen molar-refractivity contribution in [1.82, 2.24) is 0 Å². The highest BCUT2D eigenvalue weighted by Gasteiger charge is 2.09. The van der Waals surface area contributed by atoms with E-state index in [1.54, 1.807) is 7.11 Å². The van der Waals surface area contributed by atoms with Crippen LogP contribution in [-0.2, 0) is 0 Å². The van der Waals surface area contributed by atoms with Gasteiger partial charge in [-0.15, -0.1) is 0 Å². The van der Waals surface area contributed by atoms with Gasteiger partial charge in [0.25, 0.3) is 0 Å². The Bertz CT molecular complexity index is 299. The molecule has 3 heteroatoms. The standard InChI is InChI=1S/C12H19NO2/c1-9(13)8-10(2)15-12-7-5-4-6-11(12)14-3/h4-7,9-10H,8,13H2,1-3H3. The summed E-state index contributed by atoms with van der Waals surface area (Å²) in [6, 6.07) is 7.78. The molecule has 0 fully saturated rings. The van der Waals surface area contributed by atoms with E-state index >= 15 is 0 Å². The summed E-state index contributed by atoms with van der Waals surface area (Å²) in [6.07, 6.45) is 0.930. The molecule has 1 rings (SSSR count). The molecule has 0 aliphatic rings. The SMILES string of the molecule is COc1ccccc1OC(C)CC(C)N. The Kier molecular flexibility index (Phi) is 4.43. The Morgan fingerprint density at radius 1 is 1.20 bits per heavy atom. The van der Waals surface area contributed by atoms with Gasteiger partial charge in [0.2, 0.25) is 0 Å². The molecule has 0 amide bonds. The fourth-order valence-corrected chi connectivity index (χ4v) is 1.50. The second-order valence-corrected chi connectivity index (χ2v) is 3.79. The molecule has 84 valence electrons. The van der Waals surface area contributed by atoms with Crippen molar-refractivity contribution in [1.29, 1.82) is 0 Å². The zero-order chi connectivity index (χ0) is 11.3. The number of benzene rings is 1. The molecule has 0 bridgehead atoms. The van der Waals surface area contributed by atoms with Gasteiger partial charge in [0.1, 0.15) is 0 Å². The van der Waals surface area contributed by atoms with Gasteiger partial charge >= 0.3 is 0 Å². The summed E-state index contributed by atoms with van der Waals surface area (Å²) in [5, 5.41) is 0. The fourth-order valence-electron chi connectivity index (χ4n) is 1.50. The van der Waals surface area contributed by atoms with Gasteiger partial charge in [-0.25, -0.2) is 0 Å². The van der Waals surface area contributed by atoms with Crippen molar-refractivity contribution in [2.24, 2.45) is 5.73 Å². The molecular formula is C12H19NO2. The third-order valence-corrected chi connectivity index (χ3v) is 2.10. The number of methoxy groups -OCH3 is 1. The van der Waals surface area contributed by atoms with Gasteiger partial charge in [0.05, 0.1) is 13.2 Å². The quantitative estimate of drug-likeness (QED) is 0.808. The van der Waals surface area contributed by atoms with Crippen LogP contribution in [0.2, 0.25) is 0 Å². The van der Waals surface area contributed by atoms with E-state index in [0.717, 1.165) is 17.9 Å². The Morgan fingerprint density at radius 2 is 1.80 bits per heavy atom. The summed E-state index contributed by atoms with van der Waals surface area (Å²) in [6.45, 7) is 3.98. The maximum atomic E-state index is 5.74. The van der Waals surface area contributed by atoms with E-state index in [-0.39, 0.29) is 12.1 Å². The van der Waals surface area contributed by atoms with Crippen molar-refractivity contribution in [3.8, 4) is 11.5 Å².